The van der Waals surface area contributed by atoms with Gasteiger partial charge in [-0.05, 0) is 50.3 Å². The normalized spacial score (nSPS) is 14.2. The fraction of sp³-hybridized carbons (Fsp3) is 0.381. The third kappa shape index (κ3) is 3.49. The first-order chi connectivity index (χ1) is 13.6. The Bertz CT molecular complexity index is 1070. The fourth-order valence-corrected chi connectivity index (χ4v) is 5.77. The predicted molar refractivity (Wildman–Crippen MR) is 116 cm³/mol. The number of carbonyl (C=O) groups excluding carboxylic acids is 1. The van der Waals surface area contributed by atoms with Crippen LogP contribution in [0.1, 0.15) is 37.1 Å². The number of benzene rings is 1. The highest BCUT2D eigenvalue weighted by molar-refractivity contribution is 8.00. The monoisotopic (exact) mass is 413 g/mol. The van der Waals surface area contributed by atoms with E-state index in [9.17, 15) is 9.59 Å². The maximum absolute atomic E-state index is 13.5. The standard InChI is InChI=1S/C21H23N3O2S2/c1-3-12-22-18(25)13(2)27-21-23-19-17(15-10-7-11-16(15)28-19)20(26)24(21)14-8-5-4-6-9-14/h4-6,8-9,13H,3,7,10-12H2,1-2H3,(H,22,25)/t13-/m0/s1. The molecule has 2 aromatic heterocycles. The van der Waals surface area contributed by atoms with Crippen molar-refractivity contribution in [3.63, 3.8) is 0 Å². The molecule has 0 fully saturated rings. The molecule has 1 aromatic carbocycles. The number of nitrogens with zero attached hydrogens (tertiary/aromatic N) is 2. The van der Waals surface area contributed by atoms with Crippen LogP contribution in [0.25, 0.3) is 15.9 Å². The van der Waals surface area contributed by atoms with E-state index in [1.165, 1.54) is 22.2 Å². The Labute approximate surface area is 172 Å². The number of fused-ring (bicyclic) bond motifs is 3. The number of amides is 1. The summed E-state index contributed by atoms with van der Waals surface area (Å²) in [5.74, 6) is -0.0329. The number of aryl methyl sites for hydroxylation is 2. The molecule has 0 spiro atoms. The minimum absolute atomic E-state index is 0.0285. The Kier molecular flexibility index (Phi) is 5.55. The van der Waals surface area contributed by atoms with Crippen molar-refractivity contribution in [2.45, 2.75) is 49.9 Å². The summed E-state index contributed by atoms with van der Waals surface area (Å²) >= 11 is 2.97. The number of carbonyl (C=O) groups is 1. The molecule has 3 aromatic rings. The molecule has 1 N–H and O–H groups in total. The highest BCUT2D eigenvalue weighted by Crippen LogP contribution is 2.36. The van der Waals surface area contributed by atoms with E-state index in [4.69, 9.17) is 4.98 Å². The Morgan fingerprint density at radius 1 is 1.32 bits per heavy atom. The molecule has 0 radical (unpaired) electrons. The van der Waals surface area contributed by atoms with E-state index >= 15 is 0 Å². The van der Waals surface area contributed by atoms with Crippen LogP contribution in [-0.2, 0) is 17.6 Å². The molecule has 1 atom stereocenters. The molecular weight excluding hydrogens is 390 g/mol. The maximum atomic E-state index is 13.5. The van der Waals surface area contributed by atoms with Crippen LogP contribution in [-0.4, -0.2) is 27.3 Å². The Morgan fingerprint density at radius 2 is 2.11 bits per heavy atom. The minimum Gasteiger partial charge on any atom is -0.355 e. The molecule has 28 heavy (non-hydrogen) atoms. The largest absolute Gasteiger partial charge is 0.355 e. The van der Waals surface area contributed by atoms with Crippen LogP contribution < -0.4 is 10.9 Å². The lowest BCUT2D eigenvalue weighted by atomic mass is 10.2. The molecule has 146 valence electrons. The van der Waals surface area contributed by atoms with Gasteiger partial charge in [-0.25, -0.2) is 4.98 Å². The van der Waals surface area contributed by atoms with Crippen molar-refractivity contribution in [3.05, 3.63) is 51.1 Å². The molecule has 2 heterocycles. The van der Waals surface area contributed by atoms with E-state index in [0.29, 0.717) is 11.7 Å². The van der Waals surface area contributed by atoms with Crippen LogP contribution in [0.2, 0.25) is 0 Å². The number of rotatable bonds is 6. The number of thioether (sulfide) groups is 1. The zero-order valence-electron chi connectivity index (χ0n) is 16.0. The van der Waals surface area contributed by atoms with Crippen LogP contribution in [0.4, 0.5) is 0 Å². The van der Waals surface area contributed by atoms with Gasteiger partial charge in [0, 0.05) is 11.4 Å². The molecule has 1 aliphatic rings. The van der Waals surface area contributed by atoms with Crippen molar-refractivity contribution in [1.82, 2.24) is 14.9 Å². The highest BCUT2D eigenvalue weighted by Gasteiger charge is 2.25. The SMILES string of the molecule is CCCNC(=O)[C@H](C)Sc1nc2sc3c(c2c(=O)n1-c1ccccc1)CCC3. The number of thiophene rings is 1. The summed E-state index contributed by atoms with van der Waals surface area (Å²) in [6, 6.07) is 9.57. The van der Waals surface area contributed by atoms with Crippen LogP contribution >= 0.6 is 23.1 Å². The summed E-state index contributed by atoms with van der Waals surface area (Å²) in [6.07, 6.45) is 3.97. The molecule has 4 rings (SSSR count). The summed E-state index contributed by atoms with van der Waals surface area (Å²) in [7, 11) is 0. The molecule has 0 unspecified atom stereocenters. The number of aromatic nitrogens is 2. The van der Waals surface area contributed by atoms with Crippen molar-refractivity contribution < 1.29 is 4.79 Å². The van der Waals surface area contributed by atoms with E-state index < -0.39 is 0 Å². The van der Waals surface area contributed by atoms with Crippen LogP contribution in [0.3, 0.4) is 0 Å². The molecule has 7 heteroatoms. The van der Waals surface area contributed by atoms with Gasteiger partial charge in [0.2, 0.25) is 5.91 Å². The van der Waals surface area contributed by atoms with Gasteiger partial charge in [-0.3, -0.25) is 14.2 Å². The van der Waals surface area contributed by atoms with Crippen molar-refractivity contribution in [2.75, 3.05) is 6.54 Å². The van der Waals surface area contributed by atoms with Crippen molar-refractivity contribution in [3.8, 4) is 5.69 Å². The quantitative estimate of drug-likeness (QED) is 0.491. The predicted octanol–water partition coefficient (Wildman–Crippen LogP) is 3.94. The average Bonchev–Trinajstić information content (AvgIpc) is 3.27. The fourth-order valence-electron chi connectivity index (χ4n) is 3.51. The first-order valence-electron chi connectivity index (χ1n) is 9.67. The summed E-state index contributed by atoms with van der Waals surface area (Å²) in [5.41, 5.74) is 1.93. The summed E-state index contributed by atoms with van der Waals surface area (Å²) < 4.78 is 1.67. The van der Waals surface area contributed by atoms with E-state index in [0.717, 1.165) is 41.6 Å². The second-order valence-electron chi connectivity index (χ2n) is 6.96. The summed E-state index contributed by atoms with van der Waals surface area (Å²) in [4.78, 5) is 32.8. The minimum atomic E-state index is -0.335. The Balaban J connectivity index is 1.83. The maximum Gasteiger partial charge on any atom is 0.267 e. The molecule has 5 nitrogen and oxygen atoms in total. The number of nitrogens with one attached hydrogen (secondary N) is 1. The molecule has 0 aliphatic heterocycles. The zero-order valence-corrected chi connectivity index (χ0v) is 17.7. The van der Waals surface area contributed by atoms with E-state index in [-0.39, 0.29) is 16.7 Å². The van der Waals surface area contributed by atoms with Crippen molar-refractivity contribution in [2.24, 2.45) is 0 Å². The van der Waals surface area contributed by atoms with Gasteiger partial charge in [-0.1, -0.05) is 36.9 Å². The van der Waals surface area contributed by atoms with Gasteiger partial charge in [0.15, 0.2) is 5.16 Å². The topological polar surface area (TPSA) is 64.0 Å². The van der Waals surface area contributed by atoms with Gasteiger partial charge in [-0.15, -0.1) is 11.3 Å². The molecular formula is C21H23N3O2S2. The number of hydrogen-bond donors (Lipinski definition) is 1. The Hall–Kier alpha value is -2.12. The lowest BCUT2D eigenvalue weighted by Crippen LogP contribution is -2.32. The van der Waals surface area contributed by atoms with Gasteiger partial charge in [0.25, 0.3) is 5.56 Å². The van der Waals surface area contributed by atoms with Gasteiger partial charge in [-0.2, -0.15) is 0 Å². The molecule has 0 saturated heterocycles. The lowest BCUT2D eigenvalue weighted by molar-refractivity contribution is -0.120. The van der Waals surface area contributed by atoms with Crippen LogP contribution in [0.15, 0.2) is 40.3 Å². The first kappa shape index (κ1) is 19.2. The molecule has 1 aliphatic carbocycles. The lowest BCUT2D eigenvalue weighted by Gasteiger charge is -2.16. The van der Waals surface area contributed by atoms with Crippen molar-refractivity contribution >= 4 is 39.2 Å². The molecule has 0 bridgehead atoms. The molecule has 0 saturated carbocycles. The summed E-state index contributed by atoms with van der Waals surface area (Å²) in [5, 5.41) is 3.92. The van der Waals surface area contributed by atoms with Gasteiger partial charge in [0.1, 0.15) is 4.83 Å². The first-order valence-corrected chi connectivity index (χ1v) is 11.4. The summed E-state index contributed by atoms with van der Waals surface area (Å²) in [6.45, 7) is 4.53. The second-order valence-corrected chi connectivity index (χ2v) is 9.35. The molecule has 1 amide bonds. The van der Waals surface area contributed by atoms with E-state index in [1.54, 1.807) is 15.9 Å². The highest BCUT2D eigenvalue weighted by atomic mass is 32.2. The second kappa shape index (κ2) is 8.09. The number of hydrogen-bond acceptors (Lipinski definition) is 5. The van der Waals surface area contributed by atoms with E-state index in [1.807, 2.05) is 44.2 Å². The van der Waals surface area contributed by atoms with Crippen LogP contribution in [0.5, 0.6) is 0 Å². The average molecular weight is 414 g/mol. The zero-order chi connectivity index (χ0) is 19.7. The van der Waals surface area contributed by atoms with Gasteiger partial charge < -0.3 is 5.32 Å². The van der Waals surface area contributed by atoms with Gasteiger partial charge in [0.05, 0.1) is 16.3 Å². The van der Waals surface area contributed by atoms with E-state index in [2.05, 4.69) is 5.32 Å². The smallest absolute Gasteiger partial charge is 0.267 e. The third-order valence-corrected chi connectivity index (χ3v) is 7.16. The van der Waals surface area contributed by atoms with Crippen molar-refractivity contribution in [1.29, 1.82) is 0 Å². The number of para-hydroxylation sites is 1. The Morgan fingerprint density at radius 3 is 2.86 bits per heavy atom. The third-order valence-electron chi connectivity index (χ3n) is 4.92. The van der Waals surface area contributed by atoms with Gasteiger partial charge >= 0.3 is 0 Å². The van der Waals surface area contributed by atoms with Crippen LogP contribution in [0, 0.1) is 0 Å².